The van der Waals surface area contributed by atoms with Crippen LogP contribution in [0, 0.1) is 0 Å². The predicted molar refractivity (Wildman–Crippen MR) is 185 cm³/mol. The molecule has 0 aliphatic rings. The van der Waals surface area contributed by atoms with E-state index in [0.717, 1.165) is 5.57 Å². The molecule has 0 unspecified atom stereocenters. The number of allylic oxidation sites excluding steroid dienone is 1. The Balaban J connectivity index is 5.84. The smallest absolute Gasteiger partial charge is 0.249 e. The van der Waals surface area contributed by atoms with E-state index in [4.69, 9.17) is 0 Å². The summed E-state index contributed by atoms with van der Waals surface area (Å²) in [7, 11) is 0. The van der Waals surface area contributed by atoms with Gasteiger partial charge in [-0.05, 0) is 47.1 Å². The Bertz CT molecular complexity index is 1170. The molecule has 254 valence electrons. The Morgan fingerprint density at radius 3 is 0.891 bits per heavy atom. The Labute approximate surface area is 275 Å². The van der Waals surface area contributed by atoms with E-state index < -0.39 is 0 Å². The largest absolute Gasteiger partial charge is 0.368 e. The third-order valence-electron chi connectivity index (χ3n) is 6.86. The molecular weight excluding hydrogens is 584 g/mol. The zero-order valence-corrected chi connectivity index (χ0v) is 28.9. The molecule has 0 bridgehead atoms. The molecule has 0 rings (SSSR count). The van der Waals surface area contributed by atoms with E-state index in [9.17, 15) is 24.0 Å². The highest BCUT2D eigenvalue weighted by Crippen LogP contribution is 2.13. The van der Waals surface area contributed by atoms with E-state index in [1.807, 2.05) is 11.8 Å². The maximum Gasteiger partial charge on any atom is 0.249 e. The molecule has 0 radical (unpaired) electrons. The van der Waals surface area contributed by atoms with Gasteiger partial charge in [0, 0.05) is 99.0 Å². The molecule has 11 nitrogen and oxygen atoms in total. The molecule has 46 heavy (non-hydrogen) atoms. The van der Waals surface area contributed by atoms with Crippen LogP contribution in [0.15, 0.2) is 85.2 Å². The van der Waals surface area contributed by atoms with Gasteiger partial charge in [-0.2, -0.15) is 0 Å². The standard InChI is InChI=1S/C35H54N6O5/c1-24(2)30(13)38(18-20-39(33(44)27(7)8)16-14-36-31(42)25(3)4)19-21-41(35(46)29(11)12)23-22-40(34(45)28(9)10)17-15-37-32(43)26(5)6/h1,3,5,7,9,11,13-23H2,2,4,6,8,10,12H3,(H,36,42)(H,37,43). The second kappa shape index (κ2) is 20.4. The van der Waals surface area contributed by atoms with Crippen molar-refractivity contribution in [2.75, 3.05) is 65.4 Å². The van der Waals surface area contributed by atoms with Gasteiger partial charge in [0.2, 0.25) is 29.5 Å². The van der Waals surface area contributed by atoms with Gasteiger partial charge in [-0.15, -0.1) is 0 Å². The maximum atomic E-state index is 13.2. The van der Waals surface area contributed by atoms with Crippen LogP contribution in [0.3, 0.4) is 0 Å². The summed E-state index contributed by atoms with van der Waals surface area (Å²) in [6.45, 7) is 39.3. The molecule has 0 aromatic rings. The molecule has 0 saturated heterocycles. The number of carbonyl (C=O) groups is 5. The Morgan fingerprint density at radius 2 is 0.652 bits per heavy atom. The number of nitrogens with zero attached hydrogens (tertiary/aromatic N) is 4. The number of nitrogens with one attached hydrogen (secondary N) is 2. The molecule has 0 fully saturated rings. The Kier molecular flexibility index (Phi) is 18.3. The lowest BCUT2D eigenvalue weighted by atomic mass is 10.2. The quantitative estimate of drug-likeness (QED) is 0.139. The highest BCUT2D eigenvalue weighted by Gasteiger charge is 2.22. The van der Waals surface area contributed by atoms with E-state index in [-0.39, 0.29) is 75.3 Å². The second-order valence-electron chi connectivity index (χ2n) is 11.5. The first-order valence-electron chi connectivity index (χ1n) is 15.1. The Morgan fingerprint density at radius 1 is 0.391 bits per heavy atom. The summed E-state index contributed by atoms with van der Waals surface area (Å²) in [6.07, 6.45) is 0. The number of amides is 5. The fourth-order valence-corrected chi connectivity index (χ4v) is 4.04. The van der Waals surface area contributed by atoms with Gasteiger partial charge < -0.3 is 30.2 Å². The van der Waals surface area contributed by atoms with Crippen LogP contribution in [0.4, 0.5) is 0 Å². The molecule has 0 aliphatic carbocycles. The van der Waals surface area contributed by atoms with E-state index in [1.54, 1.807) is 44.4 Å². The minimum Gasteiger partial charge on any atom is -0.368 e. The molecule has 0 aliphatic heterocycles. The lowest BCUT2D eigenvalue weighted by molar-refractivity contribution is -0.131. The minimum absolute atomic E-state index is 0.200. The number of carbonyl (C=O) groups excluding carboxylic acids is 5. The summed E-state index contributed by atoms with van der Waals surface area (Å²) in [5, 5.41) is 5.46. The van der Waals surface area contributed by atoms with Crippen molar-refractivity contribution in [1.82, 2.24) is 30.2 Å². The zero-order valence-electron chi connectivity index (χ0n) is 28.9. The number of rotatable bonds is 22. The van der Waals surface area contributed by atoms with Gasteiger partial charge in [-0.3, -0.25) is 24.0 Å². The van der Waals surface area contributed by atoms with Crippen LogP contribution in [0.5, 0.6) is 0 Å². The van der Waals surface area contributed by atoms with Gasteiger partial charge in [-0.25, -0.2) is 0 Å². The summed E-state index contributed by atoms with van der Waals surface area (Å²) in [5.74, 6) is -1.40. The molecular formula is C35H54N6O5. The van der Waals surface area contributed by atoms with Crippen molar-refractivity contribution < 1.29 is 24.0 Å². The predicted octanol–water partition coefficient (Wildman–Crippen LogP) is 2.98. The summed E-state index contributed by atoms with van der Waals surface area (Å²) in [5.41, 5.74) is 3.14. The maximum absolute atomic E-state index is 13.2. The van der Waals surface area contributed by atoms with Crippen molar-refractivity contribution in [3.05, 3.63) is 85.2 Å². The molecule has 0 heterocycles. The van der Waals surface area contributed by atoms with Gasteiger partial charge in [-0.1, -0.05) is 46.1 Å². The third-order valence-corrected chi connectivity index (χ3v) is 6.86. The molecule has 0 atom stereocenters. The Hall–Kier alpha value is -4.67. The van der Waals surface area contributed by atoms with Gasteiger partial charge in [0.05, 0.1) is 0 Å². The topological polar surface area (TPSA) is 122 Å². The van der Waals surface area contributed by atoms with Crippen molar-refractivity contribution in [3.8, 4) is 0 Å². The fourth-order valence-electron chi connectivity index (χ4n) is 4.04. The van der Waals surface area contributed by atoms with Crippen LogP contribution in [-0.4, -0.2) is 115 Å². The first-order valence-corrected chi connectivity index (χ1v) is 15.1. The van der Waals surface area contributed by atoms with E-state index in [2.05, 4.69) is 56.7 Å². The number of hydrogen-bond donors (Lipinski definition) is 2. The average molecular weight is 639 g/mol. The average Bonchev–Trinajstić information content (AvgIpc) is 2.98. The lowest BCUT2D eigenvalue weighted by Crippen LogP contribution is -2.47. The SMILES string of the molecule is C=C(C)C(=C)N(CCN(CCNC(=O)C(=C)C)C(=O)C(=C)C)CCN(CCN(CCNC(=O)C(=C)C)C(=O)C(=C)C)C(=O)C(=C)C. The molecule has 11 heteroatoms. The third kappa shape index (κ3) is 14.9. The highest BCUT2D eigenvalue weighted by atomic mass is 16.2. The first kappa shape index (κ1) is 41.3. The molecule has 0 spiro atoms. The normalized spacial score (nSPS) is 10.1. The van der Waals surface area contributed by atoms with Crippen LogP contribution < -0.4 is 10.6 Å². The summed E-state index contributed by atoms with van der Waals surface area (Å²) < 4.78 is 0. The fraction of sp³-hybridized carbons (Fsp3) is 0.457. The van der Waals surface area contributed by atoms with E-state index >= 15 is 0 Å². The molecule has 5 amide bonds. The second-order valence-corrected chi connectivity index (χ2v) is 11.5. The summed E-state index contributed by atoms with van der Waals surface area (Å²) in [6, 6.07) is 0. The summed E-state index contributed by atoms with van der Waals surface area (Å²) >= 11 is 0. The minimum atomic E-state index is -0.306. The van der Waals surface area contributed by atoms with Crippen LogP contribution in [-0.2, 0) is 24.0 Å². The van der Waals surface area contributed by atoms with Gasteiger partial charge >= 0.3 is 0 Å². The van der Waals surface area contributed by atoms with Crippen LogP contribution in [0.2, 0.25) is 0 Å². The van der Waals surface area contributed by atoms with Crippen LogP contribution in [0.25, 0.3) is 0 Å². The van der Waals surface area contributed by atoms with Gasteiger partial charge in [0.25, 0.3) is 0 Å². The van der Waals surface area contributed by atoms with Crippen molar-refractivity contribution in [1.29, 1.82) is 0 Å². The van der Waals surface area contributed by atoms with Gasteiger partial charge in [0.15, 0.2) is 0 Å². The number of hydrogen-bond acceptors (Lipinski definition) is 6. The van der Waals surface area contributed by atoms with Crippen LogP contribution in [0.1, 0.15) is 41.5 Å². The lowest BCUT2D eigenvalue weighted by Gasteiger charge is -2.34. The molecule has 0 aromatic carbocycles. The van der Waals surface area contributed by atoms with Crippen LogP contribution >= 0.6 is 0 Å². The molecule has 2 N–H and O–H groups in total. The first-order chi connectivity index (χ1) is 21.3. The monoisotopic (exact) mass is 638 g/mol. The van der Waals surface area contributed by atoms with E-state index in [1.165, 1.54) is 4.90 Å². The van der Waals surface area contributed by atoms with Gasteiger partial charge in [0.1, 0.15) is 0 Å². The molecule has 0 aromatic heterocycles. The zero-order chi connectivity index (χ0) is 35.7. The highest BCUT2D eigenvalue weighted by molar-refractivity contribution is 5.94. The van der Waals surface area contributed by atoms with E-state index in [0.29, 0.717) is 53.2 Å². The van der Waals surface area contributed by atoms with Crippen molar-refractivity contribution in [3.63, 3.8) is 0 Å². The van der Waals surface area contributed by atoms with Crippen molar-refractivity contribution >= 4 is 29.5 Å². The summed E-state index contributed by atoms with van der Waals surface area (Å²) in [4.78, 5) is 69.5. The van der Waals surface area contributed by atoms with Crippen molar-refractivity contribution in [2.24, 2.45) is 0 Å². The van der Waals surface area contributed by atoms with Crippen molar-refractivity contribution in [2.45, 2.75) is 41.5 Å². The molecule has 0 saturated carbocycles.